The maximum atomic E-state index is 13.0. The minimum Gasteiger partial charge on any atom is -0.507 e. The van der Waals surface area contributed by atoms with Crippen LogP contribution in [0.25, 0.3) is 32.7 Å². The number of carbonyl (C=O) groups excluding carboxylic acids is 2. The second kappa shape index (κ2) is 8.32. The van der Waals surface area contributed by atoms with E-state index in [0.29, 0.717) is 0 Å². The third kappa shape index (κ3) is 3.22. The van der Waals surface area contributed by atoms with E-state index < -0.39 is 58.5 Å². The van der Waals surface area contributed by atoms with Crippen LogP contribution < -0.4 is 9.47 Å². The zero-order chi connectivity index (χ0) is 28.9. The number of rotatable bonds is 1. The van der Waals surface area contributed by atoms with Crippen molar-refractivity contribution >= 4 is 33.1 Å². The van der Waals surface area contributed by atoms with E-state index in [2.05, 4.69) is 0 Å². The van der Waals surface area contributed by atoms with E-state index in [1.807, 2.05) is 0 Å². The molecule has 2 aliphatic heterocycles. The molecule has 0 bridgehead atoms. The van der Waals surface area contributed by atoms with Gasteiger partial charge in [-0.15, -0.1) is 0 Å². The lowest BCUT2D eigenvalue weighted by molar-refractivity contribution is 0.0716. The molecule has 0 fully saturated rings. The molecule has 0 amide bonds. The molecule has 6 N–H and O–H groups in total. The SMILES string of the molecule is C[C@H]1Oc2cc3c(-c4c(O)cc(O)c5c(O)c6c(cc45)O[C@H](C)[C@@H](C)C6=O)c(O)cc(O)c3c(O)c2C(=O)[C@@H]1C. The number of carbonyl (C=O) groups is 2. The van der Waals surface area contributed by atoms with Gasteiger partial charge >= 0.3 is 0 Å². The summed E-state index contributed by atoms with van der Waals surface area (Å²) in [4.78, 5) is 26.1. The quantitative estimate of drug-likeness (QED) is 0.189. The van der Waals surface area contributed by atoms with Crippen LogP contribution in [-0.2, 0) is 0 Å². The van der Waals surface area contributed by atoms with Crippen LogP contribution in [0.2, 0.25) is 0 Å². The van der Waals surface area contributed by atoms with E-state index in [1.54, 1.807) is 27.7 Å². The van der Waals surface area contributed by atoms with Crippen molar-refractivity contribution in [3.8, 4) is 57.1 Å². The van der Waals surface area contributed by atoms with E-state index in [4.69, 9.17) is 9.47 Å². The smallest absolute Gasteiger partial charge is 0.176 e. The second-order valence-corrected chi connectivity index (χ2v) is 10.6. The first kappa shape index (κ1) is 25.4. The fraction of sp³-hybridized carbons (Fsp3) is 0.267. The number of hydrogen-bond donors (Lipinski definition) is 6. The molecule has 0 saturated heterocycles. The first-order valence-corrected chi connectivity index (χ1v) is 12.7. The highest BCUT2D eigenvalue weighted by molar-refractivity contribution is 6.19. The number of phenols is 6. The molecule has 0 spiro atoms. The number of aromatic hydroxyl groups is 6. The molecular weight excluding hydrogens is 520 g/mol. The van der Waals surface area contributed by atoms with Gasteiger partial charge in [-0.1, -0.05) is 13.8 Å². The van der Waals surface area contributed by atoms with Crippen LogP contribution in [0, 0.1) is 11.8 Å². The van der Waals surface area contributed by atoms with Gasteiger partial charge in [0.15, 0.2) is 11.6 Å². The molecule has 10 heteroatoms. The summed E-state index contributed by atoms with van der Waals surface area (Å²) in [6.07, 6.45) is -1.06. The fourth-order valence-electron chi connectivity index (χ4n) is 5.70. The molecule has 0 saturated carbocycles. The largest absolute Gasteiger partial charge is 0.507 e. The van der Waals surface area contributed by atoms with Crippen LogP contribution in [0.15, 0.2) is 24.3 Å². The van der Waals surface area contributed by atoms with Gasteiger partial charge in [-0.25, -0.2) is 0 Å². The highest BCUT2D eigenvalue weighted by Gasteiger charge is 2.38. The van der Waals surface area contributed by atoms with Crippen molar-refractivity contribution < 1.29 is 49.7 Å². The van der Waals surface area contributed by atoms with Crippen molar-refractivity contribution in [1.82, 2.24) is 0 Å². The average Bonchev–Trinajstić information content (AvgIpc) is 2.86. The molecule has 0 radical (unpaired) electrons. The van der Waals surface area contributed by atoms with Crippen LogP contribution in [0.1, 0.15) is 48.4 Å². The van der Waals surface area contributed by atoms with Crippen molar-refractivity contribution in [3.63, 3.8) is 0 Å². The molecule has 2 aliphatic rings. The van der Waals surface area contributed by atoms with Crippen molar-refractivity contribution in [3.05, 3.63) is 35.4 Å². The summed E-state index contributed by atoms with van der Waals surface area (Å²) in [5.41, 5.74) is -0.435. The van der Waals surface area contributed by atoms with Gasteiger partial charge in [-0.05, 0) is 26.0 Å². The Balaban J connectivity index is 1.76. The molecule has 0 aliphatic carbocycles. The van der Waals surface area contributed by atoms with Gasteiger partial charge in [0.25, 0.3) is 0 Å². The minimum atomic E-state index is -0.568. The van der Waals surface area contributed by atoms with Gasteiger partial charge < -0.3 is 40.1 Å². The molecule has 4 atom stereocenters. The van der Waals surface area contributed by atoms with E-state index in [9.17, 15) is 40.2 Å². The molecule has 0 aromatic heterocycles. The number of hydrogen-bond acceptors (Lipinski definition) is 10. The predicted molar refractivity (Wildman–Crippen MR) is 144 cm³/mol. The van der Waals surface area contributed by atoms with Crippen molar-refractivity contribution in [1.29, 1.82) is 0 Å². The summed E-state index contributed by atoms with van der Waals surface area (Å²) in [7, 11) is 0. The lowest BCUT2D eigenvalue weighted by Gasteiger charge is -2.30. The summed E-state index contributed by atoms with van der Waals surface area (Å²) in [5.74, 6) is -5.10. The topological polar surface area (TPSA) is 174 Å². The third-order valence-corrected chi connectivity index (χ3v) is 8.24. The van der Waals surface area contributed by atoms with E-state index in [-0.39, 0.29) is 66.9 Å². The van der Waals surface area contributed by atoms with E-state index >= 15 is 0 Å². The van der Waals surface area contributed by atoms with Crippen molar-refractivity contribution in [2.75, 3.05) is 0 Å². The van der Waals surface area contributed by atoms with Crippen LogP contribution >= 0.6 is 0 Å². The van der Waals surface area contributed by atoms with Gasteiger partial charge in [0, 0.05) is 34.0 Å². The zero-order valence-electron chi connectivity index (χ0n) is 21.9. The molecule has 4 aromatic rings. The zero-order valence-corrected chi connectivity index (χ0v) is 21.9. The average molecular weight is 547 g/mol. The molecule has 0 unspecified atom stereocenters. The lowest BCUT2D eigenvalue weighted by Crippen LogP contribution is -2.33. The van der Waals surface area contributed by atoms with E-state index in [0.717, 1.165) is 12.1 Å². The number of Topliss-reactive ketones (excluding diaryl/α,β-unsaturated/α-hetero) is 2. The standard InChI is InChI=1S/C30H26O10/c1-9-11(3)39-19-5-13-21(15(31)7-17(33)23(13)29(37)25(19)27(9)35)22-14-6-20-26(28(36)10(2)12(4)40-20)30(38)24(14)18(34)8-16(22)32/h5-12,31-34,37-38H,1-4H3/t9-,10-,11-,12-/m1/s1. The summed E-state index contributed by atoms with van der Waals surface area (Å²) >= 11 is 0. The van der Waals surface area contributed by atoms with Gasteiger partial charge in [-0.2, -0.15) is 0 Å². The Bertz CT molecular complexity index is 1690. The number of phenolic OH excluding ortho intramolecular Hbond substituents is 6. The highest BCUT2D eigenvalue weighted by Crippen LogP contribution is 2.55. The van der Waals surface area contributed by atoms with Crippen LogP contribution in [-0.4, -0.2) is 54.4 Å². The summed E-state index contributed by atoms with van der Waals surface area (Å²) < 4.78 is 11.8. The summed E-state index contributed by atoms with van der Waals surface area (Å²) in [5, 5.41) is 65.7. The number of ether oxygens (including phenoxy) is 2. The summed E-state index contributed by atoms with van der Waals surface area (Å²) in [6.45, 7) is 6.71. The Morgan fingerprint density at radius 1 is 0.525 bits per heavy atom. The first-order chi connectivity index (χ1) is 18.8. The predicted octanol–water partition coefficient (Wildman–Crippen LogP) is 5.09. The number of fused-ring (bicyclic) bond motifs is 4. The highest BCUT2D eigenvalue weighted by atomic mass is 16.5. The molecular formula is C30H26O10. The Morgan fingerprint density at radius 2 is 0.875 bits per heavy atom. The van der Waals surface area contributed by atoms with Gasteiger partial charge in [-0.3, -0.25) is 9.59 Å². The first-order valence-electron chi connectivity index (χ1n) is 12.7. The number of benzene rings is 4. The molecule has 4 aromatic carbocycles. The lowest BCUT2D eigenvalue weighted by atomic mass is 9.84. The molecule has 2 heterocycles. The molecule has 10 nitrogen and oxygen atoms in total. The third-order valence-electron chi connectivity index (χ3n) is 8.24. The minimum absolute atomic E-state index is 0.0155. The number of ketones is 2. The molecule has 6 rings (SSSR count). The van der Waals surface area contributed by atoms with Crippen molar-refractivity contribution in [2.24, 2.45) is 11.8 Å². The van der Waals surface area contributed by atoms with Crippen LogP contribution in [0.3, 0.4) is 0 Å². The second-order valence-electron chi connectivity index (χ2n) is 10.6. The Kier molecular flexibility index (Phi) is 5.29. The maximum Gasteiger partial charge on any atom is 0.176 e. The molecule has 40 heavy (non-hydrogen) atoms. The van der Waals surface area contributed by atoms with Gasteiger partial charge in [0.05, 0.1) is 22.6 Å². The fourth-order valence-corrected chi connectivity index (χ4v) is 5.70. The molecule has 206 valence electrons. The van der Waals surface area contributed by atoms with Crippen LogP contribution in [0.4, 0.5) is 0 Å². The summed E-state index contributed by atoms with van der Waals surface area (Å²) in [6, 6.07) is 4.65. The van der Waals surface area contributed by atoms with Crippen LogP contribution in [0.5, 0.6) is 46.0 Å². The Labute approximate surface area is 227 Å². The maximum absolute atomic E-state index is 13.0. The monoisotopic (exact) mass is 546 g/mol. The normalized spacial score (nSPS) is 22.1. The van der Waals surface area contributed by atoms with Gasteiger partial charge in [0.1, 0.15) is 69.3 Å². The Hall–Kier alpha value is -4.86. The van der Waals surface area contributed by atoms with E-state index in [1.165, 1.54) is 12.1 Å². The Morgan fingerprint density at radius 3 is 1.23 bits per heavy atom. The van der Waals surface area contributed by atoms with Gasteiger partial charge in [0.2, 0.25) is 0 Å². The van der Waals surface area contributed by atoms with Crippen molar-refractivity contribution in [2.45, 2.75) is 39.9 Å².